The summed E-state index contributed by atoms with van der Waals surface area (Å²) in [5, 5.41) is 9.64. The summed E-state index contributed by atoms with van der Waals surface area (Å²) in [5.41, 5.74) is 8.74. The second-order valence-corrected chi connectivity index (χ2v) is 4.00. The Bertz CT molecular complexity index is 406. The minimum absolute atomic E-state index is 0.000417. The van der Waals surface area contributed by atoms with Gasteiger partial charge in [0.1, 0.15) is 0 Å². The Morgan fingerprint density at radius 2 is 2.29 bits per heavy atom. The highest BCUT2D eigenvalue weighted by atomic mass is 35.5. The fraction of sp³-hybridized carbons (Fsp3) is 0.364. The maximum absolute atomic E-state index is 8.94. The lowest BCUT2D eigenvalue weighted by molar-refractivity contribution is 0.570. The van der Waals surface area contributed by atoms with Gasteiger partial charge < -0.3 is 5.73 Å². The molecule has 72 valence electrons. The van der Waals surface area contributed by atoms with Crippen molar-refractivity contribution in [1.82, 2.24) is 0 Å². The molecule has 3 heteroatoms. The Morgan fingerprint density at radius 3 is 3.00 bits per heavy atom. The monoisotopic (exact) mass is 206 g/mol. The Hall–Kier alpha value is -1.04. The lowest BCUT2D eigenvalue weighted by Gasteiger charge is -2.24. The summed E-state index contributed by atoms with van der Waals surface area (Å²) in [5.74, 6) is 0. The van der Waals surface area contributed by atoms with Gasteiger partial charge in [-0.05, 0) is 42.5 Å². The molecule has 1 atom stereocenters. The van der Waals surface area contributed by atoms with E-state index in [4.69, 9.17) is 22.6 Å². The van der Waals surface area contributed by atoms with Gasteiger partial charge in [-0.2, -0.15) is 5.26 Å². The smallest absolute Gasteiger partial charge is 0.0994 e. The SMILES string of the molecule is N#Cc1ccc(Cl)c2c1CCCC2N. The zero-order valence-electron chi connectivity index (χ0n) is 7.76. The van der Waals surface area contributed by atoms with Gasteiger partial charge in [0, 0.05) is 11.1 Å². The van der Waals surface area contributed by atoms with Crippen molar-refractivity contribution >= 4 is 11.6 Å². The molecule has 1 aromatic rings. The van der Waals surface area contributed by atoms with Gasteiger partial charge in [-0.25, -0.2) is 0 Å². The molecule has 0 aromatic heterocycles. The van der Waals surface area contributed by atoms with E-state index in [1.807, 2.05) is 0 Å². The summed E-state index contributed by atoms with van der Waals surface area (Å²) in [6.07, 6.45) is 2.93. The van der Waals surface area contributed by atoms with Crippen molar-refractivity contribution in [3.63, 3.8) is 0 Å². The van der Waals surface area contributed by atoms with E-state index in [0.29, 0.717) is 5.02 Å². The molecule has 2 N–H and O–H groups in total. The maximum atomic E-state index is 8.94. The van der Waals surface area contributed by atoms with Crippen LogP contribution in [-0.2, 0) is 6.42 Å². The second-order valence-electron chi connectivity index (χ2n) is 3.60. The van der Waals surface area contributed by atoms with Gasteiger partial charge in [0.25, 0.3) is 0 Å². The van der Waals surface area contributed by atoms with Crippen molar-refractivity contribution in [3.8, 4) is 6.07 Å². The van der Waals surface area contributed by atoms with Gasteiger partial charge in [0.2, 0.25) is 0 Å². The van der Waals surface area contributed by atoms with Gasteiger partial charge in [-0.1, -0.05) is 11.6 Å². The van der Waals surface area contributed by atoms with E-state index in [1.165, 1.54) is 0 Å². The number of halogens is 1. The molecule has 0 fully saturated rings. The molecule has 0 spiro atoms. The molecule has 1 aliphatic carbocycles. The third-order valence-electron chi connectivity index (χ3n) is 2.74. The molecule has 2 nitrogen and oxygen atoms in total. The van der Waals surface area contributed by atoms with Gasteiger partial charge in [-0.15, -0.1) is 0 Å². The number of benzene rings is 1. The van der Waals surface area contributed by atoms with Gasteiger partial charge in [0.15, 0.2) is 0 Å². The van der Waals surface area contributed by atoms with Crippen molar-refractivity contribution in [2.75, 3.05) is 0 Å². The number of nitrogens with zero attached hydrogens (tertiary/aromatic N) is 1. The molecule has 0 heterocycles. The number of fused-ring (bicyclic) bond motifs is 1. The summed E-state index contributed by atoms with van der Waals surface area (Å²) in [6.45, 7) is 0. The third kappa shape index (κ3) is 1.39. The highest BCUT2D eigenvalue weighted by Gasteiger charge is 2.21. The summed E-state index contributed by atoms with van der Waals surface area (Å²) < 4.78 is 0. The maximum Gasteiger partial charge on any atom is 0.0994 e. The van der Waals surface area contributed by atoms with Crippen LogP contribution >= 0.6 is 11.6 Å². The van der Waals surface area contributed by atoms with E-state index in [9.17, 15) is 0 Å². The molecule has 2 rings (SSSR count). The lowest BCUT2D eigenvalue weighted by atomic mass is 9.85. The highest BCUT2D eigenvalue weighted by Crippen LogP contribution is 2.35. The van der Waals surface area contributed by atoms with Crippen molar-refractivity contribution in [3.05, 3.63) is 33.8 Å². The molecule has 1 unspecified atom stereocenters. The fourth-order valence-corrected chi connectivity index (χ4v) is 2.37. The average molecular weight is 207 g/mol. The minimum Gasteiger partial charge on any atom is -0.324 e. The molecule has 0 aliphatic heterocycles. The average Bonchev–Trinajstić information content (AvgIpc) is 2.18. The van der Waals surface area contributed by atoms with Crippen LogP contribution in [0.2, 0.25) is 5.02 Å². The van der Waals surface area contributed by atoms with Crippen LogP contribution < -0.4 is 5.73 Å². The molecule has 0 bridgehead atoms. The first-order valence-corrected chi connectivity index (χ1v) is 5.09. The van der Waals surface area contributed by atoms with Gasteiger partial charge >= 0.3 is 0 Å². The van der Waals surface area contributed by atoms with Crippen LogP contribution in [0.4, 0.5) is 0 Å². The normalized spacial score (nSPS) is 19.9. The third-order valence-corrected chi connectivity index (χ3v) is 3.07. The van der Waals surface area contributed by atoms with Crippen LogP contribution in [0.15, 0.2) is 12.1 Å². The van der Waals surface area contributed by atoms with E-state index < -0.39 is 0 Å². The molecular formula is C11H11ClN2. The molecule has 1 aliphatic rings. The van der Waals surface area contributed by atoms with Crippen LogP contribution in [0.3, 0.4) is 0 Å². The number of hydrogen-bond acceptors (Lipinski definition) is 2. The zero-order chi connectivity index (χ0) is 10.1. The van der Waals surface area contributed by atoms with Gasteiger partial charge in [0.05, 0.1) is 11.6 Å². The minimum atomic E-state index is -0.000417. The molecule has 0 amide bonds. The van der Waals surface area contributed by atoms with Crippen molar-refractivity contribution in [2.45, 2.75) is 25.3 Å². The second kappa shape index (κ2) is 3.61. The molecule has 14 heavy (non-hydrogen) atoms. The standard InChI is InChI=1S/C11H11ClN2/c12-9-5-4-7(6-13)8-2-1-3-10(14)11(8)9/h4-5,10H,1-3,14H2. The van der Waals surface area contributed by atoms with E-state index in [0.717, 1.165) is 36.0 Å². The number of hydrogen-bond donors (Lipinski definition) is 1. The van der Waals surface area contributed by atoms with Crippen LogP contribution in [0.5, 0.6) is 0 Å². The molecule has 1 aromatic carbocycles. The number of nitriles is 1. The first-order valence-electron chi connectivity index (χ1n) is 4.71. The molecular weight excluding hydrogens is 196 g/mol. The van der Waals surface area contributed by atoms with E-state index in [-0.39, 0.29) is 6.04 Å². The summed E-state index contributed by atoms with van der Waals surface area (Å²) in [6, 6.07) is 5.73. The Labute approximate surface area is 88.3 Å². The lowest BCUT2D eigenvalue weighted by Crippen LogP contribution is -2.18. The van der Waals surface area contributed by atoms with Crippen molar-refractivity contribution < 1.29 is 0 Å². The van der Waals surface area contributed by atoms with Crippen LogP contribution in [0.25, 0.3) is 0 Å². The van der Waals surface area contributed by atoms with Crippen LogP contribution in [0, 0.1) is 11.3 Å². The van der Waals surface area contributed by atoms with Gasteiger partial charge in [-0.3, -0.25) is 0 Å². The van der Waals surface area contributed by atoms with E-state index in [1.54, 1.807) is 12.1 Å². The zero-order valence-corrected chi connectivity index (χ0v) is 8.51. The predicted octanol–water partition coefficient (Wildman–Crippen LogP) is 2.55. The van der Waals surface area contributed by atoms with Crippen molar-refractivity contribution in [1.29, 1.82) is 5.26 Å². The Kier molecular flexibility index (Phi) is 2.45. The fourth-order valence-electron chi connectivity index (χ4n) is 2.05. The number of nitrogens with two attached hydrogens (primary N) is 1. The summed E-state index contributed by atoms with van der Waals surface area (Å²) >= 11 is 6.08. The van der Waals surface area contributed by atoms with E-state index >= 15 is 0 Å². The van der Waals surface area contributed by atoms with Crippen molar-refractivity contribution in [2.24, 2.45) is 5.73 Å². The predicted molar refractivity (Wildman–Crippen MR) is 56.0 cm³/mol. The first-order chi connectivity index (χ1) is 6.74. The molecule has 0 saturated carbocycles. The Balaban J connectivity index is 2.65. The quantitative estimate of drug-likeness (QED) is 0.709. The topological polar surface area (TPSA) is 49.8 Å². The summed E-state index contributed by atoms with van der Waals surface area (Å²) in [7, 11) is 0. The summed E-state index contributed by atoms with van der Waals surface area (Å²) in [4.78, 5) is 0. The van der Waals surface area contributed by atoms with Crippen LogP contribution in [-0.4, -0.2) is 0 Å². The largest absolute Gasteiger partial charge is 0.324 e. The van der Waals surface area contributed by atoms with E-state index in [2.05, 4.69) is 6.07 Å². The van der Waals surface area contributed by atoms with Crippen LogP contribution in [0.1, 0.15) is 35.6 Å². The number of rotatable bonds is 0. The molecule has 0 saturated heterocycles. The highest BCUT2D eigenvalue weighted by molar-refractivity contribution is 6.31. The Morgan fingerprint density at radius 1 is 1.50 bits per heavy atom. The first kappa shape index (κ1) is 9.51. The molecule has 0 radical (unpaired) electrons.